The van der Waals surface area contributed by atoms with Crippen molar-refractivity contribution in [2.24, 2.45) is 5.73 Å². The van der Waals surface area contributed by atoms with Crippen molar-refractivity contribution in [2.75, 3.05) is 19.6 Å². The van der Waals surface area contributed by atoms with Gasteiger partial charge in [0.05, 0.1) is 0 Å². The summed E-state index contributed by atoms with van der Waals surface area (Å²) in [6, 6.07) is 9.41. The predicted molar refractivity (Wildman–Crippen MR) is 61.9 cm³/mol. The first-order valence-electron chi connectivity index (χ1n) is 5.33. The van der Waals surface area contributed by atoms with E-state index in [2.05, 4.69) is 5.32 Å². The van der Waals surface area contributed by atoms with Crippen molar-refractivity contribution in [2.45, 2.75) is 12.8 Å². The fourth-order valence-electron chi connectivity index (χ4n) is 1.37. The minimum atomic E-state index is 0.213. The molecule has 0 unspecified atom stereocenters. The van der Waals surface area contributed by atoms with Crippen molar-refractivity contribution in [3.8, 4) is 0 Å². The Morgan fingerprint density at radius 1 is 1.20 bits per heavy atom. The Balaban J connectivity index is 2.20. The topological polar surface area (TPSA) is 55.1 Å². The second-order valence-electron chi connectivity index (χ2n) is 3.43. The van der Waals surface area contributed by atoms with Crippen molar-refractivity contribution >= 4 is 5.78 Å². The summed E-state index contributed by atoms with van der Waals surface area (Å²) in [4.78, 5) is 11.6. The molecular formula is C12H18N2O. The first kappa shape index (κ1) is 11.9. The second kappa shape index (κ2) is 7.15. The minimum Gasteiger partial charge on any atom is -0.329 e. The lowest BCUT2D eigenvalue weighted by Gasteiger charge is -2.02. The first-order chi connectivity index (χ1) is 7.34. The number of carbonyl (C=O) groups excluding carboxylic acids is 1. The number of benzene rings is 1. The third-order valence-corrected chi connectivity index (χ3v) is 2.17. The number of hydrogen-bond donors (Lipinski definition) is 2. The first-order valence-corrected chi connectivity index (χ1v) is 5.33. The van der Waals surface area contributed by atoms with Gasteiger partial charge < -0.3 is 11.1 Å². The lowest BCUT2D eigenvalue weighted by molar-refractivity contribution is 0.0980. The number of ketones is 1. The van der Waals surface area contributed by atoms with Gasteiger partial charge in [-0.2, -0.15) is 0 Å². The van der Waals surface area contributed by atoms with E-state index in [1.54, 1.807) is 0 Å². The van der Waals surface area contributed by atoms with Crippen LogP contribution in [0.3, 0.4) is 0 Å². The van der Waals surface area contributed by atoms with Crippen LogP contribution in [-0.2, 0) is 0 Å². The summed E-state index contributed by atoms with van der Waals surface area (Å²) in [5.74, 6) is 0.213. The van der Waals surface area contributed by atoms with Crippen LogP contribution >= 0.6 is 0 Å². The average Bonchev–Trinajstić information content (AvgIpc) is 2.30. The molecule has 0 atom stereocenters. The zero-order valence-electron chi connectivity index (χ0n) is 8.91. The molecule has 15 heavy (non-hydrogen) atoms. The van der Waals surface area contributed by atoms with Gasteiger partial charge in [-0.05, 0) is 13.0 Å². The standard InChI is InChI=1S/C12H18N2O/c13-8-10-14-9-4-7-12(15)11-5-2-1-3-6-11/h1-3,5-6,14H,4,7-10,13H2. The highest BCUT2D eigenvalue weighted by molar-refractivity contribution is 5.95. The Morgan fingerprint density at radius 2 is 1.93 bits per heavy atom. The molecule has 0 aromatic heterocycles. The lowest BCUT2D eigenvalue weighted by atomic mass is 10.1. The van der Waals surface area contributed by atoms with E-state index in [9.17, 15) is 4.79 Å². The van der Waals surface area contributed by atoms with E-state index in [-0.39, 0.29) is 5.78 Å². The molecule has 0 saturated heterocycles. The molecule has 82 valence electrons. The molecule has 0 radical (unpaired) electrons. The lowest BCUT2D eigenvalue weighted by Crippen LogP contribution is -2.23. The van der Waals surface area contributed by atoms with Crippen LogP contribution in [0, 0.1) is 0 Å². The molecule has 0 aliphatic rings. The molecule has 1 aromatic carbocycles. The average molecular weight is 206 g/mol. The molecule has 3 nitrogen and oxygen atoms in total. The fourth-order valence-corrected chi connectivity index (χ4v) is 1.37. The number of hydrogen-bond acceptors (Lipinski definition) is 3. The third-order valence-electron chi connectivity index (χ3n) is 2.17. The van der Waals surface area contributed by atoms with E-state index < -0.39 is 0 Å². The van der Waals surface area contributed by atoms with Crippen LogP contribution in [0.25, 0.3) is 0 Å². The predicted octanol–water partition coefficient (Wildman–Crippen LogP) is 1.20. The number of rotatable bonds is 7. The fraction of sp³-hybridized carbons (Fsp3) is 0.417. The van der Waals surface area contributed by atoms with Gasteiger partial charge >= 0.3 is 0 Å². The van der Waals surface area contributed by atoms with E-state index in [4.69, 9.17) is 5.73 Å². The summed E-state index contributed by atoms with van der Waals surface area (Å²) in [5, 5.41) is 3.16. The monoisotopic (exact) mass is 206 g/mol. The van der Waals surface area contributed by atoms with E-state index in [0.717, 1.165) is 25.1 Å². The molecule has 1 rings (SSSR count). The molecule has 3 N–H and O–H groups in total. The van der Waals surface area contributed by atoms with Gasteiger partial charge in [0, 0.05) is 25.1 Å². The Kier molecular flexibility index (Phi) is 5.66. The van der Waals surface area contributed by atoms with Crippen LogP contribution in [-0.4, -0.2) is 25.4 Å². The highest BCUT2D eigenvalue weighted by atomic mass is 16.1. The molecule has 0 aliphatic heterocycles. The summed E-state index contributed by atoms with van der Waals surface area (Å²) in [7, 11) is 0. The van der Waals surface area contributed by atoms with Crippen molar-refractivity contribution < 1.29 is 4.79 Å². The van der Waals surface area contributed by atoms with Crippen LogP contribution in [0.5, 0.6) is 0 Å². The molecule has 0 heterocycles. The maximum absolute atomic E-state index is 11.6. The van der Waals surface area contributed by atoms with Gasteiger partial charge in [0.1, 0.15) is 0 Å². The zero-order valence-corrected chi connectivity index (χ0v) is 8.91. The number of nitrogens with two attached hydrogens (primary N) is 1. The number of carbonyl (C=O) groups is 1. The SMILES string of the molecule is NCCNCCCC(=O)c1ccccc1. The van der Waals surface area contributed by atoms with Gasteiger partial charge in [0.15, 0.2) is 5.78 Å². The van der Waals surface area contributed by atoms with Crippen molar-refractivity contribution in [1.82, 2.24) is 5.32 Å². The van der Waals surface area contributed by atoms with Crippen LogP contribution in [0.15, 0.2) is 30.3 Å². The van der Waals surface area contributed by atoms with Crippen molar-refractivity contribution in [3.05, 3.63) is 35.9 Å². The Hall–Kier alpha value is -1.19. The van der Waals surface area contributed by atoms with Crippen LogP contribution in [0.1, 0.15) is 23.2 Å². The molecule has 1 aromatic rings. The highest BCUT2D eigenvalue weighted by Gasteiger charge is 2.03. The normalized spacial score (nSPS) is 10.2. The smallest absolute Gasteiger partial charge is 0.162 e. The molecule has 0 fully saturated rings. The third kappa shape index (κ3) is 4.72. The molecule has 0 amide bonds. The van der Waals surface area contributed by atoms with E-state index in [1.165, 1.54) is 0 Å². The summed E-state index contributed by atoms with van der Waals surface area (Å²) < 4.78 is 0. The summed E-state index contributed by atoms with van der Waals surface area (Å²) >= 11 is 0. The Labute approximate surface area is 90.7 Å². The molecule has 0 spiro atoms. The maximum Gasteiger partial charge on any atom is 0.162 e. The van der Waals surface area contributed by atoms with Gasteiger partial charge in [-0.3, -0.25) is 4.79 Å². The van der Waals surface area contributed by atoms with Gasteiger partial charge in [-0.1, -0.05) is 30.3 Å². The molecule has 0 bridgehead atoms. The van der Waals surface area contributed by atoms with Crippen LogP contribution in [0.2, 0.25) is 0 Å². The summed E-state index contributed by atoms with van der Waals surface area (Å²) in [5.41, 5.74) is 6.13. The zero-order chi connectivity index (χ0) is 10.9. The quantitative estimate of drug-likeness (QED) is 0.520. The Bertz CT molecular complexity index is 285. The van der Waals surface area contributed by atoms with Gasteiger partial charge in [0.2, 0.25) is 0 Å². The second-order valence-corrected chi connectivity index (χ2v) is 3.43. The summed E-state index contributed by atoms with van der Waals surface area (Å²) in [6.07, 6.45) is 1.47. The van der Waals surface area contributed by atoms with Crippen molar-refractivity contribution in [1.29, 1.82) is 0 Å². The minimum absolute atomic E-state index is 0.213. The van der Waals surface area contributed by atoms with E-state index >= 15 is 0 Å². The van der Waals surface area contributed by atoms with Crippen LogP contribution in [0.4, 0.5) is 0 Å². The number of nitrogens with one attached hydrogen (secondary N) is 1. The van der Waals surface area contributed by atoms with E-state index in [0.29, 0.717) is 13.0 Å². The molecule has 0 saturated carbocycles. The van der Waals surface area contributed by atoms with Crippen molar-refractivity contribution in [3.63, 3.8) is 0 Å². The molecular weight excluding hydrogens is 188 g/mol. The number of Topliss-reactive ketones (excluding diaryl/α,β-unsaturated/α-hetero) is 1. The van der Waals surface area contributed by atoms with Crippen LogP contribution < -0.4 is 11.1 Å². The largest absolute Gasteiger partial charge is 0.329 e. The van der Waals surface area contributed by atoms with Gasteiger partial charge in [-0.25, -0.2) is 0 Å². The van der Waals surface area contributed by atoms with E-state index in [1.807, 2.05) is 30.3 Å². The molecule has 3 heteroatoms. The maximum atomic E-state index is 11.6. The Morgan fingerprint density at radius 3 is 2.60 bits per heavy atom. The van der Waals surface area contributed by atoms with Gasteiger partial charge in [0.25, 0.3) is 0 Å². The van der Waals surface area contributed by atoms with Gasteiger partial charge in [-0.15, -0.1) is 0 Å². The highest BCUT2D eigenvalue weighted by Crippen LogP contribution is 2.04. The summed E-state index contributed by atoms with van der Waals surface area (Å²) in [6.45, 7) is 2.32. The molecule has 0 aliphatic carbocycles.